The third-order valence-corrected chi connectivity index (χ3v) is 5.26. The summed E-state index contributed by atoms with van der Waals surface area (Å²) in [7, 11) is 0. The minimum absolute atomic E-state index is 0.0532. The first-order valence-corrected chi connectivity index (χ1v) is 10.1. The lowest BCUT2D eigenvalue weighted by Gasteiger charge is -2.13. The molecule has 2 amide bonds. The number of pyridine rings is 1. The van der Waals surface area contributed by atoms with E-state index in [0.717, 1.165) is 17.3 Å². The van der Waals surface area contributed by atoms with Crippen molar-refractivity contribution in [1.29, 1.82) is 0 Å². The fourth-order valence-electron chi connectivity index (χ4n) is 3.75. The zero-order valence-electron chi connectivity index (χ0n) is 16.6. The van der Waals surface area contributed by atoms with E-state index in [1.165, 1.54) is 11.1 Å². The quantitative estimate of drug-likeness (QED) is 0.500. The fraction of sp³-hybridized carbons (Fsp3) is 0.261. The molecular weight excluding hydrogens is 378 g/mol. The third-order valence-electron chi connectivity index (χ3n) is 5.26. The normalized spacial score (nSPS) is 18.3. The van der Waals surface area contributed by atoms with Crippen LogP contribution in [0.15, 0.2) is 60.8 Å². The molecule has 2 atom stereocenters. The van der Waals surface area contributed by atoms with Gasteiger partial charge in [-0.1, -0.05) is 36.4 Å². The molecular formula is C23H25N5O2. The van der Waals surface area contributed by atoms with Crippen LogP contribution in [-0.2, 0) is 16.0 Å². The minimum atomic E-state index is -0.367. The van der Waals surface area contributed by atoms with Crippen LogP contribution in [-0.4, -0.2) is 42.0 Å². The van der Waals surface area contributed by atoms with Crippen molar-refractivity contribution in [1.82, 2.24) is 15.6 Å². The Labute approximate surface area is 175 Å². The van der Waals surface area contributed by atoms with Gasteiger partial charge in [-0.05, 0) is 42.2 Å². The van der Waals surface area contributed by atoms with Crippen molar-refractivity contribution in [3.05, 3.63) is 71.9 Å². The minimum Gasteiger partial charge on any atom is -0.351 e. The SMILES string of the molecule is NCC(=O)N[C@H]1CN[C@H](C(=O)Nc2cnc3ccc(Cc4ccccc4)cc3c2)C1. The number of hydrogen-bond donors (Lipinski definition) is 4. The molecule has 3 aromatic rings. The smallest absolute Gasteiger partial charge is 0.241 e. The Kier molecular flexibility index (Phi) is 6.02. The van der Waals surface area contributed by atoms with Crippen LogP contribution in [0.5, 0.6) is 0 Å². The number of benzene rings is 2. The lowest BCUT2D eigenvalue weighted by molar-refractivity contribution is -0.121. The van der Waals surface area contributed by atoms with Gasteiger partial charge in [-0.15, -0.1) is 0 Å². The number of rotatable bonds is 6. The van der Waals surface area contributed by atoms with Gasteiger partial charge in [0.05, 0.1) is 30.0 Å². The van der Waals surface area contributed by atoms with Crippen LogP contribution in [0.1, 0.15) is 17.5 Å². The van der Waals surface area contributed by atoms with Gasteiger partial charge in [0.15, 0.2) is 0 Å². The Hall–Kier alpha value is -3.29. The molecule has 1 aromatic heterocycles. The molecule has 7 nitrogen and oxygen atoms in total. The first kappa shape index (κ1) is 20.0. The number of nitrogens with one attached hydrogen (secondary N) is 3. The highest BCUT2D eigenvalue weighted by atomic mass is 16.2. The van der Waals surface area contributed by atoms with Gasteiger partial charge in [-0.25, -0.2) is 0 Å². The second-order valence-electron chi connectivity index (χ2n) is 7.57. The second kappa shape index (κ2) is 9.02. The summed E-state index contributed by atoms with van der Waals surface area (Å²) in [4.78, 5) is 28.5. The first-order valence-electron chi connectivity index (χ1n) is 10.1. The molecule has 0 spiro atoms. The number of hydrogen-bond acceptors (Lipinski definition) is 5. The van der Waals surface area contributed by atoms with Crippen LogP contribution >= 0.6 is 0 Å². The highest BCUT2D eigenvalue weighted by molar-refractivity contribution is 5.96. The highest BCUT2D eigenvalue weighted by Crippen LogP contribution is 2.21. The van der Waals surface area contributed by atoms with Crippen molar-refractivity contribution < 1.29 is 9.59 Å². The monoisotopic (exact) mass is 403 g/mol. The molecule has 0 saturated carbocycles. The van der Waals surface area contributed by atoms with Gasteiger partial charge in [0.25, 0.3) is 0 Å². The first-order chi connectivity index (χ1) is 14.6. The fourth-order valence-corrected chi connectivity index (χ4v) is 3.75. The molecule has 1 fully saturated rings. The van der Waals surface area contributed by atoms with E-state index in [1.54, 1.807) is 6.20 Å². The van der Waals surface area contributed by atoms with Gasteiger partial charge in [0.2, 0.25) is 11.8 Å². The van der Waals surface area contributed by atoms with Crippen LogP contribution in [0.3, 0.4) is 0 Å². The standard InChI is InChI=1S/C23H25N5O2/c24-12-22(29)27-19-11-21(26-14-19)23(30)28-18-10-17-9-16(6-7-20(17)25-13-18)8-15-4-2-1-3-5-15/h1-7,9-10,13,19,21,26H,8,11-12,14,24H2,(H,27,29)(H,28,30)/t19-,21+/m1/s1. The average molecular weight is 403 g/mol. The molecule has 0 radical (unpaired) electrons. The zero-order chi connectivity index (χ0) is 20.9. The van der Waals surface area contributed by atoms with E-state index >= 15 is 0 Å². The molecule has 1 saturated heterocycles. The van der Waals surface area contributed by atoms with Crippen LogP contribution < -0.4 is 21.7 Å². The van der Waals surface area contributed by atoms with E-state index in [2.05, 4.69) is 45.2 Å². The van der Waals surface area contributed by atoms with Crippen LogP contribution in [0.4, 0.5) is 5.69 Å². The van der Waals surface area contributed by atoms with Gasteiger partial charge < -0.3 is 21.7 Å². The van der Waals surface area contributed by atoms with E-state index < -0.39 is 0 Å². The second-order valence-corrected chi connectivity index (χ2v) is 7.57. The molecule has 30 heavy (non-hydrogen) atoms. The van der Waals surface area contributed by atoms with Crippen molar-refractivity contribution in [3.8, 4) is 0 Å². The molecule has 5 N–H and O–H groups in total. The topological polar surface area (TPSA) is 109 Å². The van der Waals surface area contributed by atoms with E-state index in [0.29, 0.717) is 18.7 Å². The molecule has 7 heteroatoms. The lowest BCUT2D eigenvalue weighted by Crippen LogP contribution is -2.39. The van der Waals surface area contributed by atoms with Crippen LogP contribution in [0.2, 0.25) is 0 Å². The summed E-state index contributed by atoms with van der Waals surface area (Å²) in [5.41, 5.74) is 9.30. The molecule has 0 aliphatic carbocycles. The number of nitrogens with zero attached hydrogens (tertiary/aromatic N) is 1. The zero-order valence-corrected chi connectivity index (χ0v) is 16.6. The van der Waals surface area contributed by atoms with E-state index in [9.17, 15) is 9.59 Å². The summed E-state index contributed by atoms with van der Waals surface area (Å²) in [6, 6.07) is 18.0. The van der Waals surface area contributed by atoms with Crippen molar-refractivity contribution in [2.45, 2.75) is 24.9 Å². The molecule has 2 heterocycles. The molecule has 2 aromatic carbocycles. The number of aromatic nitrogens is 1. The summed E-state index contributed by atoms with van der Waals surface area (Å²) in [6.45, 7) is 0.491. The summed E-state index contributed by atoms with van der Waals surface area (Å²) in [6.07, 6.45) is 3.04. The molecule has 0 bridgehead atoms. The number of carbonyl (C=O) groups is 2. The predicted molar refractivity (Wildman–Crippen MR) is 117 cm³/mol. The van der Waals surface area contributed by atoms with Crippen molar-refractivity contribution >= 4 is 28.4 Å². The Morgan fingerprint density at radius 1 is 1.10 bits per heavy atom. The maximum absolute atomic E-state index is 12.6. The molecule has 1 aliphatic rings. The lowest BCUT2D eigenvalue weighted by atomic mass is 10.0. The Morgan fingerprint density at radius 3 is 2.73 bits per heavy atom. The molecule has 1 aliphatic heterocycles. The number of fused-ring (bicyclic) bond motifs is 1. The summed E-state index contributed by atoms with van der Waals surface area (Å²) in [5, 5.41) is 9.86. The van der Waals surface area contributed by atoms with Crippen LogP contribution in [0.25, 0.3) is 10.9 Å². The van der Waals surface area contributed by atoms with Crippen molar-refractivity contribution in [3.63, 3.8) is 0 Å². The maximum Gasteiger partial charge on any atom is 0.241 e. The largest absolute Gasteiger partial charge is 0.351 e. The number of carbonyl (C=O) groups excluding carboxylic acids is 2. The summed E-state index contributed by atoms with van der Waals surface area (Å²) >= 11 is 0. The Morgan fingerprint density at radius 2 is 1.93 bits per heavy atom. The highest BCUT2D eigenvalue weighted by Gasteiger charge is 2.30. The van der Waals surface area contributed by atoms with Gasteiger partial charge in [-0.3, -0.25) is 14.6 Å². The van der Waals surface area contributed by atoms with Gasteiger partial charge in [0, 0.05) is 18.0 Å². The molecule has 154 valence electrons. The average Bonchev–Trinajstić information content (AvgIpc) is 3.23. The Balaban J connectivity index is 1.43. The number of nitrogens with two attached hydrogens (primary N) is 1. The predicted octanol–water partition coefficient (Wildman–Crippen LogP) is 1.57. The number of anilines is 1. The van der Waals surface area contributed by atoms with Crippen molar-refractivity contribution in [2.75, 3.05) is 18.4 Å². The molecule has 4 rings (SSSR count). The van der Waals surface area contributed by atoms with E-state index in [-0.39, 0.29) is 30.4 Å². The summed E-state index contributed by atoms with van der Waals surface area (Å²) < 4.78 is 0. The molecule has 0 unspecified atom stereocenters. The van der Waals surface area contributed by atoms with E-state index in [1.807, 2.05) is 30.3 Å². The van der Waals surface area contributed by atoms with Crippen molar-refractivity contribution in [2.24, 2.45) is 5.73 Å². The third kappa shape index (κ3) is 4.82. The Bertz CT molecular complexity index is 1050. The van der Waals surface area contributed by atoms with Gasteiger partial charge in [0.1, 0.15) is 0 Å². The number of amides is 2. The maximum atomic E-state index is 12.6. The van der Waals surface area contributed by atoms with E-state index in [4.69, 9.17) is 5.73 Å². The van der Waals surface area contributed by atoms with Gasteiger partial charge in [-0.2, -0.15) is 0 Å². The van der Waals surface area contributed by atoms with Crippen LogP contribution in [0, 0.1) is 0 Å². The van der Waals surface area contributed by atoms with Gasteiger partial charge >= 0.3 is 0 Å². The summed E-state index contributed by atoms with van der Waals surface area (Å²) in [5.74, 6) is -0.353.